The monoisotopic (exact) mass is 345 g/mol. The Morgan fingerprint density at radius 3 is 2.48 bits per heavy atom. The lowest BCUT2D eigenvalue weighted by Crippen LogP contribution is -2.38. The van der Waals surface area contributed by atoms with Gasteiger partial charge >= 0.3 is 0 Å². The van der Waals surface area contributed by atoms with Crippen LogP contribution in [0.15, 0.2) is 22.6 Å². The Morgan fingerprint density at radius 1 is 1.08 bits per heavy atom. The van der Waals surface area contributed by atoms with E-state index in [1.165, 1.54) is 0 Å². The zero-order chi connectivity index (χ0) is 18.2. The number of aromatic nitrogens is 1. The van der Waals surface area contributed by atoms with Crippen LogP contribution in [0.5, 0.6) is 0 Å². The number of benzene rings is 1. The van der Waals surface area contributed by atoms with Gasteiger partial charge in [0.15, 0.2) is 11.5 Å². The van der Waals surface area contributed by atoms with Crippen LogP contribution in [-0.4, -0.2) is 53.4 Å². The van der Waals surface area contributed by atoms with Crippen molar-refractivity contribution >= 4 is 17.0 Å². The molecule has 0 fully saturated rings. The van der Waals surface area contributed by atoms with Gasteiger partial charge < -0.3 is 14.2 Å². The third-order valence-corrected chi connectivity index (χ3v) is 4.67. The Labute approximate surface area is 151 Å². The number of oxazole rings is 1. The van der Waals surface area contributed by atoms with E-state index in [2.05, 4.69) is 30.7 Å². The molecule has 138 valence electrons. The van der Waals surface area contributed by atoms with Gasteiger partial charge in [0.05, 0.1) is 0 Å². The zero-order valence-electron chi connectivity index (χ0n) is 16.0. The van der Waals surface area contributed by atoms with Gasteiger partial charge in [-0.25, -0.2) is 4.98 Å². The molecule has 0 saturated heterocycles. The van der Waals surface area contributed by atoms with Crippen molar-refractivity contribution < 1.29 is 9.21 Å². The summed E-state index contributed by atoms with van der Waals surface area (Å²) in [6.45, 7) is 12.8. The summed E-state index contributed by atoms with van der Waals surface area (Å²) in [6, 6.07) is 5.57. The van der Waals surface area contributed by atoms with Crippen LogP contribution in [0.25, 0.3) is 11.1 Å². The van der Waals surface area contributed by atoms with Crippen molar-refractivity contribution in [1.29, 1.82) is 0 Å². The number of likely N-dealkylation sites (N-methyl/N-ethyl adjacent to an activating group) is 2. The highest BCUT2D eigenvalue weighted by atomic mass is 16.3. The molecule has 5 heteroatoms. The van der Waals surface area contributed by atoms with Gasteiger partial charge in [-0.05, 0) is 44.6 Å². The maximum atomic E-state index is 12.8. The molecule has 0 spiro atoms. The van der Waals surface area contributed by atoms with Crippen LogP contribution in [0.1, 0.15) is 56.8 Å². The van der Waals surface area contributed by atoms with E-state index in [0.29, 0.717) is 12.1 Å². The summed E-state index contributed by atoms with van der Waals surface area (Å²) in [7, 11) is 0. The molecule has 2 aromatic rings. The highest BCUT2D eigenvalue weighted by Gasteiger charge is 2.16. The third-order valence-electron chi connectivity index (χ3n) is 4.67. The molecule has 0 unspecified atom stereocenters. The van der Waals surface area contributed by atoms with E-state index in [0.717, 1.165) is 62.4 Å². The van der Waals surface area contributed by atoms with E-state index in [1.54, 1.807) is 0 Å². The number of fused-ring (bicyclic) bond motifs is 1. The number of carbonyl (C=O) groups excluding carboxylic acids is 1. The smallest absolute Gasteiger partial charge is 0.253 e. The third kappa shape index (κ3) is 5.05. The Hall–Kier alpha value is -1.88. The van der Waals surface area contributed by atoms with Crippen molar-refractivity contribution in [3.05, 3.63) is 29.7 Å². The highest BCUT2D eigenvalue weighted by molar-refractivity contribution is 5.97. The summed E-state index contributed by atoms with van der Waals surface area (Å²) in [5, 5.41) is 0. The van der Waals surface area contributed by atoms with Crippen LogP contribution in [0.4, 0.5) is 0 Å². The lowest BCUT2D eigenvalue weighted by Gasteiger charge is -2.25. The van der Waals surface area contributed by atoms with Gasteiger partial charge in [-0.15, -0.1) is 0 Å². The van der Waals surface area contributed by atoms with Gasteiger partial charge in [0, 0.05) is 31.6 Å². The first-order valence-electron chi connectivity index (χ1n) is 9.53. The molecule has 0 saturated carbocycles. The van der Waals surface area contributed by atoms with Gasteiger partial charge in [-0.3, -0.25) is 4.79 Å². The van der Waals surface area contributed by atoms with Crippen LogP contribution in [0.3, 0.4) is 0 Å². The summed E-state index contributed by atoms with van der Waals surface area (Å²) in [5.41, 5.74) is 2.22. The number of hydrogen-bond donors (Lipinski definition) is 0. The van der Waals surface area contributed by atoms with Crippen molar-refractivity contribution in [1.82, 2.24) is 14.8 Å². The minimum atomic E-state index is 0.0645. The van der Waals surface area contributed by atoms with Crippen LogP contribution in [-0.2, 0) is 6.42 Å². The van der Waals surface area contributed by atoms with E-state index < -0.39 is 0 Å². The van der Waals surface area contributed by atoms with Crippen LogP contribution in [0, 0.1) is 0 Å². The molecule has 0 bridgehead atoms. The molecule has 1 aromatic heterocycles. The SMILES string of the molecule is CCCCc1nc2cc(C(=O)N(CC)CCN(CC)CC)ccc2o1. The summed E-state index contributed by atoms with van der Waals surface area (Å²) < 4.78 is 5.76. The molecule has 0 aliphatic carbocycles. The molecule has 0 atom stereocenters. The van der Waals surface area contributed by atoms with E-state index in [4.69, 9.17) is 4.42 Å². The predicted molar refractivity (Wildman–Crippen MR) is 102 cm³/mol. The first-order chi connectivity index (χ1) is 12.1. The highest BCUT2D eigenvalue weighted by Crippen LogP contribution is 2.19. The van der Waals surface area contributed by atoms with E-state index in [1.807, 2.05) is 30.0 Å². The number of amides is 1. The number of aryl methyl sites for hydroxylation is 1. The molecule has 25 heavy (non-hydrogen) atoms. The topological polar surface area (TPSA) is 49.6 Å². The summed E-state index contributed by atoms with van der Waals surface area (Å²) >= 11 is 0. The fourth-order valence-corrected chi connectivity index (χ4v) is 2.93. The maximum Gasteiger partial charge on any atom is 0.253 e. The molecule has 0 aliphatic heterocycles. The van der Waals surface area contributed by atoms with Gasteiger partial charge in [0.2, 0.25) is 0 Å². The number of hydrogen-bond acceptors (Lipinski definition) is 4. The fraction of sp³-hybridized carbons (Fsp3) is 0.600. The second-order valence-electron chi connectivity index (χ2n) is 6.31. The lowest BCUT2D eigenvalue weighted by atomic mass is 10.1. The Bertz CT molecular complexity index is 677. The molecule has 1 aromatic carbocycles. The molecule has 5 nitrogen and oxygen atoms in total. The van der Waals surface area contributed by atoms with E-state index in [9.17, 15) is 4.79 Å². The second kappa shape index (κ2) is 9.56. The fourth-order valence-electron chi connectivity index (χ4n) is 2.93. The summed E-state index contributed by atoms with van der Waals surface area (Å²) in [5.74, 6) is 0.824. The minimum absolute atomic E-state index is 0.0645. The van der Waals surface area contributed by atoms with Gasteiger partial charge in [0.25, 0.3) is 5.91 Å². The number of nitrogens with zero attached hydrogens (tertiary/aromatic N) is 3. The maximum absolute atomic E-state index is 12.8. The van der Waals surface area contributed by atoms with E-state index in [-0.39, 0.29) is 5.91 Å². The summed E-state index contributed by atoms with van der Waals surface area (Å²) in [4.78, 5) is 21.6. The lowest BCUT2D eigenvalue weighted by molar-refractivity contribution is 0.0747. The van der Waals surface area contributed by atoms with Crippen LogP contribution < -0.4 is 0 Å². The van der Waals surface area contributed by atoms with Crippen molar-refractivity contribution in [2.24, 2.45) is 0 Å². The quantitative estimate of drug-likeness (QED) is 0.654. The summed E-state index contributed by atoms with van der Waals surface area (Å²) in [6.07, 6.45) is 3.02. The first kappa shape index (κ1) is 19.4. The van der Waals surface area contributed by atoms with Crippen molar-refractivity contribution in [3.8, 4) is 0 Å². The van der Waals surface area contributed by atoms with Crippen molar-refractivity contribution in [2.75, 3.05) is 32.7 Å². The largest absolute Gasteiger partial charge is 0.441 e. The molecule has 0 aliphatic rings. The first-order valence-corrected chi connectivity index (χ1v) is 9.53. The van der Waals surface area contributed by atoms with Gasteiger partial charge in [0.1, 0.15) is 5.52 Å². The molecular formula is C20H31N3O2. The van der Waals surface area contributed by atoms with Gasteiger partial charge in [-0.1, -0.05) is 27.2 Å². The molecule has 1 heterocycles. The molecule has 1 amide bonds. The number of rotatable bonds is 10. The predicted octanol–water partition coefficient (Wildman–Crippen LogP) is 3.97. The standard InChI is InChI=1S/C20H31N3O2/c1-5-9-10-19-21-17-15-16(11-12-18(17)25-19)20(24)23(8-4)14-13-22(6-2)7-3/h11-12,15H,5-10,13-14H2,1-4H3. The number of carbonyl (C=O) groups is 1. The van der Waals surface area contributed by atoms with Gasteiger partial charge in [-0.2, -0.15) is 0 Å². The van der Waals surface area contributed by atoms with Crippen LogP contribution in [0.2, 0.25) is 0 Å². The normalized spacial score (nSPS) is 11.4. The second-order valence-corrected chi connectivity index (χ2v) is 6.31. The Morgan fingerprint density at radius 2 is 1.84 bits per heavy atom. The number of unbranched alkanes of at least 4 members (excludes halogenated alkanes) is 1. The Balaban J connectivity index is 2.10. The average molecular weight is 345 g/mol. The van der Waals surface area contributed by atoms with Crippen molar-refractivity contribution in [3.63, 3.8) is 0 Å². The van der Waals surface area contributed by atoms with Crippen LogP contribution >= 0.6 is 0 Å². The molecule has 0 N–H and O–H groups in total. The minimum Gasteiger partial charge on any atom is -0.441 e. The average Bonchev–Trinajstić information content (AvgIpc) is 3.05. The van der Waals surface area contributed by atoms with Crippen molar-refractivity contribution in [2.45, 2.75) is 47.0 Å². The zero-order valence-corrected chi connectivity index (χ0v) is 16.0. The van der Waals surface area contributed by atoms with E-state index >= 15 is 0 Å². The Kier molecular flexibility index (Phi) is 7.44. The molecule has 0 radical (unpaired) electrons. The molecule has 2 rings (SSSR count). The molecular weight excluding hydrogens is 314 g/mol.